The molecule has 126 valence electrons. The number of carbonyl (C=O) groups excluding carboxylic acids is 1. The fourth-order valence-corrected chi connectivity index (χ4v) is 1.84. The Bertz CT molecular complexity index is 457. The third-order valence-electron chi connectivity index (χ3n) is 2.91. The van der Waals surface area contributed by atoms with Crippen LogP contribution in [0.4, 0.5) is 17.6 Å². The Kier molecular flexibility index (Phi) is 7.33. The third kappa shape index (κ3) is 4.70. The molecule has 1 aliphatic rings. The first kappa shape index (κ1) is 18.4. The smallest absolute Gasteiger partial charge is 0.324 e. The summed E-state index contributed by atoms with van der Waals surface area (Å²) in [5.74, 6) is -5.44. The fourth-order valence-electron chi connectivity index (χ4n) is 1.84. The molecule has 0 saturated heterocycles. The van der Waals surface area contributed by atoms with Gasteiger partial charge in [-0.3, -0.25) is 4.79 Å². The standard InChI is InChI=1S/C13H19F4N3O2/c1-3-22-13(21)10(5-4-6-18-2)19-20-11(16)8(14)7-9(15)12(20)17/h7,10-11,18-19H,3-6H2,1-2H3. The van der Waals surface area contributed by atoms with Gasteiger partial charge in [0.25, 0.3) is 0 Å². The van der Waals surface area contributed by atoms with Gasteiger partial charge in [-0.05, 0) is 33.4 Å². The average molecular weight is 325 g/mol. The second-order valence-electron chi connectivity index (χ2n) is 4.55. The first-order valence-corrected chi connectivity index (χ1v) is 6.85. The molecule has 0 aromatic rings. The minimum atomic E-state index is -2.55. The van der Waals surface area contributed by atoms with Gasteiger partial charge in [0.1, 0.15) is 6.04 Å². The lowest BCUT2D eigenvalue weighted by atomic mass is 10.1. The van der Waals surface area contributed by atoms with Crippen LogP contribution in [0.25, 0.3) is 0 Å². The summed E-state index contributed by atoms with van der Waals surface area (Å²) >= 11 is 0. The summed E-state index contributed by atoms with van der Waals surface area (Å²) in [6.07, 6.45) is -1.77. The van der Waals surface area contributed by atoms with Crippen LogP contribution in [-0.2, 0) is 9.53 Å². The van der Waals surface area contributed by atoms with Crippen molar-refractivity contribution in [1.29, 1.82) is 0 Å². The average Bonchev–Trinajstić information content (AvgIpc) is 2.48. The maximum atomic E-state index is 13.7. The first-order valence-electron chi connectivity index (χ1n) is 6.85. The second-order valence-corrected chi connectivity index (χ2v) is 4.55. The number of allylic oxidation sites excluding steroid dienone is 2. The van der Waals surface area contributed by atoms with E-state index in [0.29, 0.717) is 13.0 Å². The zero-order valence-electron chi connectivity index (χ0n) is 12.3. The van der Waals surface area contributed by atoms with Crippen molar-refractivity contribution in [3.05, 3.63) is 23.7 Å². The molecule has 9 heteroatoms. The van der Waals surface area contributed by atoms with E-state index in [2.05, 4.69) is 10.7 Å². The molecule has 0 aromatic carbocycles. The van der Waals surface area contributed by atoms with E-state index in [0.717, 1.165) is 0 Å². The largest absolute Gasteiger partial charge is 0.465 e. The lowest BCUT2D eigenvalue weighted by molar-refractivity contribution is -0.148. The summed E-state index contributed by atoms with van der Waals surface area (Å²) in [5, 5.41) is 2.87. The Hall–Kier alpha value is -1.61. The van der Waals surface area contributed by atoms with E-state index >= 15 is 0 Å². The van der Waals surface area contributed by atoms with Gasteiger partial charge in [0.05, 0.1) is 6.61 Å². The van der Waals surface area contributed by atoms with Gasteiger partial charge in [0.2, 0.25) is 12.2 Å². The Morgan fingerprint density at radius 2 is 2.14 bits per heavy atom. The molecule has 0 radical (unpaired) electrons. The van der Waals surface area contributed by atoms with Gasteiger partial charge in [-0.2, -0.15) is 4.39 Å². The van der Waals surface area contributed by atoms with Crippen molar-refractivity contribution in [2.45, 2.75) is 32.1 Å². The minimum absolute atomic E-state index is 0.0195. The fraction of sp³-hybridized carbons (Fsp3) is 0.615. The number of rotatable bonds is 8. The zero-order chi connectivity index (χ0) is 16.7. The summed E-state index contributed by atoms with van der Waals surface area (Å²) in [4.78, 5) is 11.8. The minimum Gasteiger partial charge on any atom is -0.465 e. The van der Waals surface area contributed by atoms with Gasteiger partial charge in [-0.25, -0.2) is 23.6 Å². The second kappa shape index (κ2) is 8.74. The van der Waals surface area contributed by atoms with Crippen molar-refractivity contribution >= 4 is 5.97 Å². The van der Waals surface area contributed by atoms with E-state index in [1.165, 1.54) is 0 Å². The SMILES string of the molecule is CCOC(=O)C(CCCNC)NN1C(F)=C(F)C=C(F)C1F. The molecule has 2 atom stereocenters. The third-order valence-corrected chi connectivity index (χ3v) is 2.91. The Morgan fingerprint density at radius 1 is 1.45 bits per heavy atom. The molecule has 5 nitrogen and oxygen atoms in total. The number of alkyl halides is 1. The molecule has 1 aliphatic heterocycles. The molecular weight excluding hydrogens is 306 g/mol. The first-order chi connectivity index (χ1) is 10.4. The molecule has 22 heavy (non-hydrogen) atoms. The Balaban J connectivity index is 2.83. The van der Waals surface area contributed by atoms with E-state index in [4.69, 9.17) is 4.74 Å². The van der Waals surface area contributed by atoms with Crippen molar-refractivity contribution in [2.24, 2.45) is 0 Å². The van der Waals surface area contributed by atoms with Crippen molar-refractivity contribution in [1.82, 2.24) is 15.8 Å². The molecule has 0 fully saturated rings. The normalized spacial score (nSPS) is 20.0. The van der Waals surface area contributed by atoms with Crippen molar-refractivity contribution in [2.75, 3.05) is 20.2 Å². The number of nitrogens with one attached hydrogen (secondary N) is 2. The highest BCUT2D eigenvalue weighted by molar-refractivity contribution is 5.75. The number of esters is 1. The number of nitrogens with zero attached hydrogens (tertiary/aromatic N) is 1. The van der Waals surface area contributed by atoms with Crippen molar-refractivity contribution < 1.29 is 27.1 Å². The Morgan fingerprint density at radius 3 is 2.73 bits per heavy atom. The number of halogens is 4. The van der Waals surface area contributed by atoms with Crippen molar-refractivity contribution in [3.8, 4) is 0 Å². The molecule has 0 amide bonds. The molecular formula is C13H19F4N3O2. The quantitative estimate of drug-likeness (QED) is 0.309. The summed E-state index contributed by atoms with van der Waals surface area (Å²) in [5.41, 5.74) is 2.16. The molecule has 0 saturated carbocycles. The van der Waals surface area contributed by atoms with E-state index in [-0.39, 0.29) is 24.1 Å². The highest BCUT2D eigenvalue weighted by Gasteiger charge is 2.35. The van der Waals surface area contributed by atoms with Crippen LogP contribution in [0.3, 0.4) is 0 Å². The highest BCUT2D eigenvalue weighted by atomic mass is 19.2. The van der Waals surface area contributed by atoms with Gasteiger partial charge >= 0.3 is 5.97 Å². The van der Waals surface area contributed by atoms with Crippen LogP contribution in [0.5, 0.6) is 0 Å². The maximum Gasteiger partial charge on any atom is 0.324 e. The lowest BCUT2D eigenvalue weighted by Gasteiger charge is -2.31. The van der Waals surface area contributed by atoms with Crippen LogP contribution in [0.15, 0.2) is 23.7 Å². The summed E-state index contributed by atoms with van der Waals surface area (Å²) in [6.45, 7) is 2.20. The van der Waals surface area contributed by atoms with E-state index < -0.39 is 35.9 Å². The van der Waals surface area contributed by atoms with Gasteiger partial charge in [-0.1, -0.05) is 0 Å². The lowest BCUT2D eigenvalue weighted by Crippen LogP contribution is -2.52. The zero-order valence-corrected chi connectivity index (χ0v) is 12.3. The van der Waals surface area contributed by atoms with E-state index in [1.807, 2.05) is 0 Å². The van der Waals surface area contributed by atoms with Gasteiger partial charge in [-0.15, -0.1) is 0 Å². The van der Waals surface area contributed by atoms with Crippen LogP contribution in [-0.4, -0.2) is 43.5 Å². The van der Waals surface area contributed by atoms with Gasteiger partial charge in [0.15, 0.2) is 11.7 Å². The van der Waals surface area contributed by atoms with Crippen LogP contribution >= 0.6 is 0 Å². The summed E-state index contributed by atoms with van der Waals surface area (Å²) in [6, 6.07) is -1.13. The summed E-state index contributed by atoms with van der Waals surface area (Å²) < 4.78 is 58.4. The monoisotopic (exact) mass is 325 g/mol. The molecule has 2 N–H and O–H groups in total. The van der Waals surface area contributed by atoms with Gasteiger partial charge < -0.3 is 10.1 Å². The van der Waals surface area contributed by atoms with E-state index in [9.17, 15) is 22.4 Å². The molecule has 1 heterocycles. The molecule has 0 aliphatic carbocycles. The number of hydrazine groups is 1. The Labute approximate surface area is 126 Å². The number of hydrogen-bond acceptors (Lipinski definition) is 5. The highest BCUT2D eigenvalue weighted by Crippen LogP contribution is 2.28. The molecule has 0 bridgehead atoms. The van der Waals surface area contributed by atoms with Crippen LogP contribution < -0.4 is 10.7 Å². The van der Waals surface area contributed by atoms with Crippen LogP contribution in [0.2, 0.25) is 0 Å². The number of carbonyl (C=O) groups is 1. The predicted octanol–water partition coefficient (Wildman–Crippen LogP) is 2.00. The van der Waals surface area contributed by atoms with Crippen molar-refractivity contribution in [3.63, 3.8) is 0 Å². The number of ether oxygens (including phenoxy) is 1. The molecule has 2 unspecified atom stereocenters. The maximum absolute atomic E-state index is 13.7. The van der Waals surface area contributed by atoms with Crippen LogP contribution in [0, 0.1) is 0 Å². The number of hydrogen-bond donors (Lipinski definition) is 2. The molecule has 1 rings (SSSR count). The predicted molar refractivity (Wildman–Crippen MR) is 71.9 cm³/mol. The van der Waals surface area contributed by atoms with Gasteiger partial charge in [0, 0.05) is 6.08 Å². The van der Waals surface area contributed by atoms with Crippen LogP contribution in [0.1, 0.15) is 19.8 Å². The van der Waals surface area contributed by atoms with E-state index in [1.54, 1.807) is 14.0 Å². The molecule has 0 spiro atoms. The molecule has 0 aromatic heterocycles. The summed E-state index contributed by atoms with van der Waals surface area (Å²) in [7, 11) is 1.70. The topological polar surface area (TPSA) is 53.6 Å².